The lowest BCUT2D eigenvalue weighted by Crippen LogP contribution is -2.58. The highest BCUT2D eigenvalue weighted by Crippen LogP contribution is 2.65. The number of carbonyl (C=O) groups excluding carboxylic acids is 2. The first-order valence-corrected chi connectivity index (χ1v) is 13.1. The lowest BCUT2D eigenvalue weighted by Gasteiger charge is -2.61. The lowest BCUT2D eigenvalue weighted by atomic mass is 9.49. The van der Waals surface area contributed by atoms with Gasteiger partial charge in [-0.05, 0) is 75.5 Å². The van der Waals surface area contributed by atoms with Gasteiger partial charge < -0.3 is 9.80 Å². The summed E-state index contributed by atoms with van der Waals surface area (Å²) in [6.45, 7) is 15.2. The van der Waals surface area contributed by atoms with Gasteiger partial charge in [0.1, 0.15) is 0 Å². The molecule has 4 nitrogen and oxygen atoms in total. The predicted octanol–water partition coefficient (Wildman–Crippen LogP) is 5.28. The summed E-state index contributed by atoms with van der Waals surface area (Å²) < 4.78 is 0. The van der Waals surface area contributed by atoms with Gasteiger partial charge in [0, 0.05) is 55.7 Å². The number of hydrogen-bond acceptors (Lipinski definition) is 3. The Hall–Kier alpha value is -1.32. The van der Waals surface area contributed by atoms with Gasteiger partial charge in [0.25, 0.3) is 0 Å². The molecule has 3 fully saturated rings. The number of nitrogens with zero attached hydrogens (tertiary/aromatic N) is 2. The summed E-state index contributed by atoms with van der Waals surface area (Å²) in [5.41, 5.74) is 1.61. The van der Waals surface area contributed by atoms with E-state index >= 15 is 0 Å². The topological polar surface area (TPSA) is 40.6 Å². The number of rotatable bonds is 6. The molecule has 0 aromatic rings. The van der Waals surface area contributed by atoms with Crippen LogP contribution in [0.1, 0.15) is 86.0 Å². The number of amides is 1. The average Bonchev–Trinajstić information content (AvgIpc) is 3.11. The standard InChI is InChI=1S/C27H44N2O2/c1-6-9-16-29-18-20-21-10-11-23(25(31)28(7-2)8-3)26(21,4)15-13-22(20)27(5)14-12-19(30)17-24(27)29/h17,20-23H,6-16,18H2,1-5H3/t20-,21-,22+,23?,26-,27+/m0/s1. The van der Waals surface area contributed by atoms with E-state index in [2.05, 4.69) is 44.4 Å². The molecule has 31 heavy (non-hydrogen) atoms. The monoisotopic (exact) mass is 428 g/mol. The van der Waals surface area contributed by atoms with Gasteiger partial charge in [-0.2, -0.15) is 0 Å². The molecule has 0 spiro atoms. The zero-order chi connectivity index (χ0) is 22.4. The third-order valence-electron chi connectivity index (χ3n) is 9.96. The number of fused-ring (bicyclic) bond motifs is 5. The van der Waals surface area contributed by atoms with E-state index in [0.29, 0.717) is 35.9 Å². The first kappa shape index (κ1) is 22.9. The number of hydrogen-bond donors (Lipinski definition) is 0. The van der Waals surface area contributed by atoms with Crippen molar-refractivity contribution in [2.24, 2.45) is 34.5 Å². The third-order valence-corrected chi connectivity index (χ3v) is 9.96. The summed E-state index contributed by atoms with van der Waals surface area (Å²) in [7, 11) is 0. The second kappa shape index (κ2) is 8.56. The maximum atomic E-state index is 13.4. The van der Waals surface area contributed by atoms with Crippen LogP contribution in [-0.4, -0.2) is 47.7 Å². The van der Waals surface area contributed by atoms with E-state index in [4.69, 9.17) is 0 Å². The fraction of sp³-hybridized carbons (Fsp3) is 0.852. The average molecular weight is 429 g/mol. The van der Waals surface area contributed by atoms with Gasteiger partial charge in [0.15, 0.2) is 5.78 Å². The van der Waals surface area contributed by atoms with Crippen molar-refractivity contribution in [1.29, 1.82) is 0 Å². The highest BCUT2D eigenvalue weighted by molar-refractivity contribution is 5.91. The molecular weight excluding hydrogens is 384 g/mol. The second-order valence-electron chi connectivity index (χ2n) is 11.3. The van der Waals surface area contributed by atoms with Gasteiger partial charge in [-0.15, -0.1) is 0 Å². The van der Waals surface area contributed by atoms with Crippen molar-refractivity contribution in [3.63, 3.8) is 0 Å². The highest BCUT2D eigenvalue weighted by atomic mass is 16.2. The Morgan fingerprint density at radius 1 is 1.10 bits per heavy atom. The summed E-state index contributed by atoms with van der Waals surface area (Å²) in [6.07, 6.45) is 10.7. The molecule has 2 saturated carbocycles. The molecule has 4 rings (SSSR count). The fourth-order valence-corrected chi connectivity index (χ4v) is 8.14. The van der Waals surface area contributed by atoms with Gasteiger partial charge in [0.05, 0.1) is 0 Å². The Bertz CT molecular complexity index is 742. The summed E-state index contributed by atoms with van der Waals surface area (Å²) in [5, 5.41) is 0. The number of unbranched alkanes of at least 4 members (excludes halogenated alkanes) is 1. The van der Waals surface area contributed by atoms with E-state index in [-0.39, 0.29) is 16.7 Å². The molecule has 174 valence electrons. The molecule has 0 N–H and O–H groups in total. The summed E-state index contributed by atoms with van der Waals surface area (Å²) in [5.74, 6) is 2.86. The quantitative estimate of drug-likeness (QED) is 0.578. The second-order valence-corrected chi connectivity index (χ2v) is 11.3. The minimum atomic E-state index is 0.132. The Labute approximate surface area is 189 Å². The number of ketones is 1. The van der Waals surface area contributed by atoms with Gasteiger partial charge >= 0.3 is 0 Å². The Morgan fingerprint density at radius 2 is 1.84 bits per heavy atom. The van der Waals surface area contributed by atoms with E-state index < -0.39 is 0 Å². The van der Waals surface area contributed by atoms with Crippen molar-refractivity contribution < 1.29 is 9.59 Å². The van der Waals surface area contributed by atoms with E-state index in [1.807, 2.05) is 6.08 Å². The zero-order valence-electron chi connectivity index (χ0n) is 20.6. The van der Waals surface area contributed by atoms with Crippen LogP contribution in [0.3, 0.4) is 0 Å². The normalized spacial score (nSPS) is 39.5. The number of likely N-dealkylation sites (tertiary alicyclic amines) is 1. The van der Waals surface area contributed by atoms with E-state index in [1.165, 1.54) is 37.8 Å². The van der Waals surface area contributed by atoms with Crippen LogP contribution in [0.5, 0.6) is 0 Å². The molecule has 1 aliphatic heterocycles. The third kappa shape index (κ3) is 3.56. The molecule has 0 aromatic heterocycles. The molecule has 1 saturated heterocycles. The zero-order valence-corrected chi connectivity index (χ0v) is 20.6. The molecule has 0 bridgehead atoms. The number of carbonyl (C=O) groups is 2. The predicted molar refractivity (Wildman–Crippen MR) is 125 cm³/mol. The molecule has 1 amide bonds. The molecule has 0 aromatic carbocycles. The molecule has 1 heterocycles. The van der Waals surface area contributed by atoms with Crippen molar-refractivity contribution in [3.05, 3.63) is 11.8 Å². The molecule has 6 atom stereocenters. The van der Waals surface area contributed by atoms with Crippen molar-refractivity contribution in [3.8, 4) is 0 Å². The van der Waals surface area contributed by atoms with Crippen LogP contribution in [0.4, 0.5) is 0 Å². The van der Waals surface area contributed by atoms with E-state index in [9.17, 15) is 9.59 Å². The van der Waals surface area contributed by atoms with E-state index in [0.717, 1.165) is 39.0 Å². The van der Waals surface area contributed by atoms with Crippen molar-refractivity contribution >= 4 is 11.7 Å². The molecule has 4 heteroatoms. The Balaban J connectivity index is 1.65. The van der Waals surface area contributed by atoms with Gasteiger partial charge in [-0.1, -0.05) is 27.2 Å². The molecule has 0 radical (unpaired) electrons. The Kier molecular flexibility index (Phi) is 6.31. The first-order valence-electron chi connectivity index (χ1n) is 13.1. The van der Waals surface area contributed by atoms with Crippen molar-refractivity contribution in [2.75, 3.05) is 26.2 Å². The molecule has 1 unspecified atom stereocenters. The van der Waals surface area contributed by atoms with E-state index in [1.54, 1.807) is 0 Å². The van der Waals surface area contributed by atoms with Gasteiger partial charge in [-0.3, -0.25) is 9.59 Å². The number of allylic oxidation sites excluding steroid dienone is 2. The number of piperidine rings is 1. The SMILES string of the molecule is CCCCN1C[C@@H]2[C@@H](CC[C@]3(C)C(C(=O)N(CC)CC)CC[C@@H]23)[C@@]2(C)CCC(=O)C=C12. The Morgan fingerprint density at radius 3 is 2.52 bits per heavy atom. The summed E-state index contributed by atoms with van der Waals surface area (Å²) in [6, 6.07) is 0. The molecule has 3 aliphatic carbocycles. The van der Waals surface area contributed by atoms with Crippen LogP contribution in [0.25, 0.3) is 0 Å². The van der Waals surface area contributed by atoms with Gasteiger partial charge in [0.2, 0.25) is 5.91 Å². The summed E-state index contributed by atoms with van der Waals surface area (Å²) in [4.78, 5) is 30.4. The minimum Gasteiger partial charge on any atom is -0.374 e. The largest absolute Gasteiger partial charge is 0.374 e. The van der Waals surface area contributed by atoms with Crippen LogP contribution in [0, 0.1) is 34.5 Å². The lowest BCUT2D eigenvalue weighted by molar-refractivity contribution is -0.143. The highest BCUT2D eigenvalue weighted by Gasteiger charge is 2.61. The minimum absolute atomic E-state index is 0.132. The van der Waals surface area contributed by atoms with Gasteiger partial charge in [-0.25, -0.2) is 0 Å². The first-order chi connectivity index (χ1) is 14.8. The summed E-state index contributed by atoms with van der Waals surface area (Å²) >= 11 is 0. The molecular formula is C27H44N2O2. The van der Waals surface area contributed by atoms with Crippen LogP contribution in [0.2, 0.25) is 0 Å². The van der Waals surface area contributed by atoms with Crippen LogP contribution in [0.15, 0.2) is 11.8 Å². The van der Waals surface area contributed by atoms with Crippen LogP contribution < -0.4 is 0 Å². The van der Waals surface area contributed by atoms with Crippen LogP contribution in [-0.2, 0) is 9.59 Å². The maximum Gasteiger partial charge on any atom is 0.226 e. The smallest absolute Gasteiger partial charge is 0.226 e. The van der Waals surface area contributed by atoms with Crippen LogP contribution >= 0.6 is 0 Å². The molecule has 4 aliphatic rings. The fourth-order valence-electron chi connectivity index (χ4n) is 8.14. The van der Waals surface area contributed by atoms with Crippen molar-refractivity contribution in [2.45, 2.75) is 86.0 Å². The van der Waals surface area contributed by atoms with Crippen molar-refractivity contribution in [1.82, 2.24) is 9.80 Å². The maximum absolute atomic E-state index is 13.4.